The number of pyridine rings is 2. The lowest BCUT2D eigenvalue weighted by atomic mass is 10.2. The molecule has 0 fully saturated rings. The van der Waals surface area contributed by atoms with Crippen LogP contribution in [0.2, 0.25) is 0 Å². The van der Waals surface area contributed by atoms with E-state index in [0.717, 1.165) is 40.3 Å². The number of para-hydroxylation sites is 2. The molecule has 1 amide bonds. The summed E-state index contributed by atoms with van der Waals surface area (Å²) in [5.41, 5.74) is 4.05. The van der Waals surface area contributed by atoms with E-state index in [-0.39, 0.29) is 0 Å². The van der Waals surface area contributed by atoms with Gasteiger partial charge in [0.05, 0.1) is 17.9 Å². The van der Waals surface area contributed by atoms with E-state index >= 15 is 0 Å². The highest BCUT2D eigenvalue weighted by Crippen LogP contribution is 2.21. The number of amides is 1. The van der Waals surface area contributed by atoms with E-state index in [1.54, 1.807) is 19.1 Å². The van der Waals surface area contributed by atoms with E-state index in [2.05, 4.69) is 4.18 Å². The third-order valence-corrected chi connectivity index (χ3v) is 5.76. The molecule has 12 heteroatoms. The molecule has 0 aliphatic heterocycles. The number of nitrogens with one attached hydrogen (secondary N) is 1. The minimum atomic E-state index is -4.41. The predicted octanol–water partition coefficient (Wildman–Crippen LogP) is 1.39. The number of hydrogen-bond donors (Lipinski definition) is 3. The molecule has 0 saturated carbocycles. The van der Waals surface area contributed by atoms with E-state index in [0.29, 0.717) is 18.0 Å². The predicted molar refractivity (Wildman–Crippen MR) is 139 cm³/mol. The van der Waals surface area contributed by atoms with Crippen LogP contribution >= 0.6 is 0 Å². The average molecular weight is 548 g/mol. The van der Waals surface area contributed by atoms with Crippen molar-refractivity contribution >= 4 is 38.3 Å². The summed E-state index contributed by atoms with van der Waals surface area (Å²) in [4.78, 5) is 9.38. The molecule has 0 unspecified atom stereocenters. The summed E-state index contributed by atoms with van der Waals surface area (Å²) in [6.45, 7) is 6.15. The Bertz CT molecular complexity index is 1400. The Labute approximate surface area is 222 Å². The van der Waals surface area contributed by atoms with Gasteiger partial charge in [0.15, 0.2) is 22.9 Å². The van der Waals surface area contributed by atoms with Crippen LogP contribution in [0.5, 0.6) is 11.5 Å². The molecule has 11 nitrogen and oxygen atoms in total. The molecule has 0 saturated heterocycles. The Morgan fingerprint density at radius 3 is 1.50 bits per heavy atom. The van der Waals surface area contributed by atoms with E-state index in [1.807, 2.05) is 90.9 Å². The summed E-state index contributed by atoms with van der Waals surface area (Å²) >= 11 is 0. The van der Waals surface area contributed by atoms with Crippen molar-refractivity contribution in [3.05, 3.63) is 72.1 Å². The fourth-order valence-electron chi connectivity index (χ4n) is 3.24. The Balaban J connectivity index is 0.000000272. The third kappa shape index (κ3) is 9.81. The number of aromatic hydroxyl groups is 2. The zero-order valence-electron chi connectivity index (χ0n) is 22.1. The van der Waals surface area contributed by atoms with Gasteiger partial charge >= 0.3 is 0 Å². The van der Waals surface area contributed by atoms with Crippen molar-refractivity contribution < 1.29 is 46.4 Å². The summed E-state index contributed by atoms with van der Waals surface area (Å²) in [6, 6.07) is 19.2. The minimum Gasteiger partial charge on any atom is -0.726 e. The van der Waals surface area contributed by atoms with Crippen LogP contribution in [0.4, 0.5) is 4.79 Å². The van der Waals surface area contributed by atoms with Crippen molar-refractivity contribution in [1.82, 2.24) is 5.32 Å². The lowest BCUT2D eigenvalue weighted by molar-refractivity contribution is -0.651. The highest BCUT2D eigenvalue weighted by atomic mass is 32.3. The number of phenols is 2. The van der Waals surface area contributed by atoms with E-state index in [9.17, 15) is 33.1 Å². The molecule has 0 spiro atoms. The Hall–Kier alpha value is -4.00. The SMILES string of the molecule is CCNC(=O)[O-].COS(=O)(=O)[O-].Cc1ccc2cccc(O)c2[n+]1C.Cc1ccc2cccc(O)c2[n+]1C. The number of aromatic nitrogens is 2. The number of hydrogen-bond acceptors (Lipinski definition) is 8. The molecule has 0 radical (unpaired) electrons. The molecule has 4 rings (SSSR count). The van der Waals surface area contributed by atoms with Crippen molar-refractivity contribution in [3.63, 3.8) is 0 Å². The molecule has 0 aliphatic rings. The lowest BCUT2D eigenvalue weighted by Crippen LogP contribution is -2.35. The van der Waals surface area contributed by atoms with Crippen molar-refractivity contribution in [2.75, 3.05) is 13.7 Å². The summed E-state index contributed by atoms with van der Waals surface area (Å²) in [7, 11) is 0.307. The van der Waals surface area contributed by atoms with Gasteiger partial charge in [0, 0.05) is 32.5 Å². The summed E-state index contributed by atoms with van der Waals surface area (Å²) < 4.78 is 35.0. The zero-order chi connectivity index (χ0) is 29.0. The van der Waals surface area contributed by atoms with Crippen molar-refractivity contribution in [3.8, 4) is 11.5 Å². The molecule has 4 aromatic rings. The Morgan fingerprint density at radius 1 is 0.868 bits per heavy atom. The normalized spacial score (nSPS) is 10.3. The number of rotatable bonds is 2. The second kappa shape index (κ2) is 14.7. The molecular formula is C26H33N3O8S. The lowest BCUT2D eigenvalue weighted by Gasteiger charge is -2.00. The minimum absolute atomic E-state index is 0.337. The van der Waals surface area contributed by atoms with E-state index in [1.165, 1.54) is 0 Å². The van der Waals surface area contributed by atoms with Gasteiger partial charge in [-0.15, -0.1) is 0 Å². The third-order valence-electron chi connectivity index (χ3n) is 5.35. The number of fused-ring (bicyclic) bond motifs is 2. The topological polar surface area (TPSA) is 167 Å². The molecule has 3 N–H and O–H groups in total. The van der Waals surface area contributed by atoms with Crippen LogP contribution in [-0.4, -0.2) is 42.9 Å². The van der Waals surface area contributed by atoms with E-state index in [4.69, 9.17) is 0 Å². The standard InChI is InChI=1S/2C11H11NO.C3H7NO2.CH4O4S/c2*1-8-6-7-9-4-3-5-10(13)11(9)12(8)2;1-2-4-3(5)6;1-5-6(2,3)4/h2*3-7H,1-2H3;4H,2H2,1H3,(H,5,6);1H3,(H,2,3,4). The van der Waals surface area contributed by atoms with Gasteiger partial charge in [-0.05, 0) is 43.3 Å². The molecule has 206 valence electrons. The van der Waals surface area contributed by atoms with Crippen molar-refractivity contribution in [1.29, 1.82) is 0 Å². The number of carboxylic acid groups (broad SMARTS) is 1. The maximum Gasteiger partial charge on any atom is 0.254 e. The maximum atomic E-state index is 9.66. The van der Waals surface area contributed by atoms with Crippen LogP contribution < -0.4 is 19.6 Å². The average Bonchev–Trinajstić information content (AvgIpc) is 2.84. The molecular weight excluding hydrogens is 514 g/mol. The fourth-order valence-corrected chi connectivity index (χ4v) is 3.24. The van der Waals surface area contributed by atoms with Crippen LogP contribution in [0.25, 0.3) is 21.8 Å². The summed E-state index contributed by atoms with van der Waals surface area (Å²) in [5.74, 6) is 0.674. The van der Waals surface area contributed by atoms with Gasteiger partial charge in [0.2, 0.25) is 10.4 Å². The highest BCUT2D eigenvalue weighted by molar-refractivity contribution is 7.80. The number of carbonyl (C=O) groups excluding carboxylic acids is 1. The molecule has 0 aliphatic carbocycles. The molecule has 0 atom stereocenters. The van der Waals surface area contributed by atoms with Crippen molar-refractivity contribution in [2.24, 2.45) is 14.1 Å². The van der Waals surface area contributed by atoms with Gasteiger partial charge < -0.3 is 30.0 Å². The molecule has 0 bridgehead atoms. The highest BCUT2D eigenvalue weighted by Gasteiger charge is 2.12. The van der Waals surface area contributed by atoms with Crippen LogP contribution in [0.3, 0.4) is 0 Å². The van der Waals surface area contributed by atoms with Gasteiger partial charge in [0.1, 0.15) is 20.2 Å². The van der Waals surface area contributed by atoms with Gasteiger partial charge in [-0.3, -0.25) is 4.18 Å². The van der Waals surface area contributed by atoms with Gasteiger partial charge in [-0.2, -0.15) is 9.13 Å². The quantitative estimate of drug-likeness (QED) is 0.192. The summed E-state index contributed by atoms with van der Waals surface area (Å²) in [6.07, 6.45) is -1.21. The van der Waals surface area contributed by atoms with Crippen LogP contribution in [-0.2, 0) is 28.7 Å². The number of carbonyl (C=O) groups is 1. The van der Waals surface area contributed by atoms with Crippen LogP contribution in [0.1, 0.15) is 18.3 Å². The number of nitrogens with zero attached hydrogens (tertiary/aromatic N) is 2. The molecule has 2 aromatic heterocycles. The number of benzene rings is 2. The monoisotopic (exact) mass is 547 g/mol. The Morgan fingerprint density at radius 2 is 1.24 bits per heavy atom. The second-order valence-electron chi connectivity index (χ2n) is 7.89. The first-order chi connectivity index (χ1) is 17.7. The van der Waals surface area contributed by atoms with Gasteiger partial charge in [0.25, 0.3) is 11.0 Å². The number of phenolic OH excluding ortho intramolecular Hbond substituents is 2. The zero-order valence-corrected chi connectivity index (χ0v) is 22.9. The van der Waals surface area contributed by atoms with Crippen LogP contribution in [0.15, 0.2) is 60.7 Å². The Kier molecular flexibility index (Phi) is 12.4. The molecule has 38 heavy (non-hydrogen) atoms. The second-order valence-corrected chi connectivity index (χ2v) is 9.04. The first kappa shape index (κ1) is 32.0. The van der Waals surface area contributed by atoms with Crippen LogP contribution in [0, 0.1) is 13.8 Å². The maximum absolute atomic E-state index is 9.66. The van der Waals surface area contributed by atoms with Gasteiger partial charge in [-0.25, -0.2) is 8.42 Å². The number of aryl methyl sites for hydroxylation is 4. The largest absolute Gasteiger partial charge is 0.726 e. The first-order valence-corrected chi connectivity index (χ1v) is 12.7. The molecule has 2 aromatic carbocycles. The van der Waals surface area contributed by atoms with Crippen molar-refractivity contribution in [2.45, 2.75) is 20.8 Å². The smallest absolute Gasteiger partial charge is 0.254 e. The van der Waals surface area contributed by atoms with Gasteiger partial charge in [-0.1, -0.05) is 12.1 Å². The molecule has 2 heterocycles. The first-order valence-electron chi connectivity index (χ1n) is 11.3. The summed E-state index contributed by atoms with van der Waals surface area (Å²) in [5, 5.41) is 32.8. The fraction of sp³-hybridized carbons (Fsp3) is 0.269. The van der Waals surface area contributed by atoms with E-state index < -0.39 is 16.5 Å².